The van der Waals surface area contributed by atoms with E-state index in [2.05, 4.69) is 52.7 Å². The number of aromatic amines is 1. The molecule has 2 aromatic rings. The summed E-state index contributed by atoms with van der Waals surface area (Å²) in [5.41, 5.74) is 4.45. The van der Waals surface area contributed by atoms with Crippen LogP contribution in [0.1, 0.15) is 50.3 Å². The zero-order valence-electron chi connectivity index (χ0n) is 11.6. The van der Waals surface area contributed by atoms with E-state index < -0.39 is 0 Å². The van der Waals surface area contributed by atoms with Gasteiger partial charge < -0.3 is 4.98 Å². The Labute approximate surface area is 129 Å². The quantitative estimate of drug-likeness (QED) is 0.546. The van der Waals surface area contributed by atoms with E-state index in [1.807, 2.05) is 0 Å². The van der Waals surface area contributed by atoms with Crippen LogP contribution in [0.4, 0.5) is 0 Å². The molecular weight excluding hydrogens is 345 g/mol. The van der Waals surface area contributed by atoms with E-state index in [4.69, 9.17) is 0 Å². The lowest BCUT2D eigenvalue weighted by atomic mass is 9.84. The zero-order valence-corrected chi connectivity index (χ0v) is 13.8. The van der Waals surface area contributed by atoms with Crippen LogP contribution in [0.3, 0.4) is 0 Å². The summed E-state index contributed by atoms with van der Waals surface area (Å²) in [5, 5.41) is 1.47. The molecule has 1 aromatic heterocycles. The van der Waals surface area contributed by atoms with Crippen LogP contribution in [-0.4, -0.2) is 4.98 Å². The normalized spacial score (nSPS) is 18.7. The highest BCUT2D eigenvalue weighted by atomic mass is 127. The van der Waals surface area contributed by atoms with Crippen molar-refractivity contribution in [2.45, 2.75) is 51.9 Å². The molecule has 1 heterocycles. The molecule has 0 bridgehead atoms. The van der Waals surface area contributed by atoms with Gasteiger partial charge in [-0.3, -0.25) is 0 Å². The fraction of sp³-hybridized carbons (Fsp3) is 0.529. The van der Waals surface area contributed by atoms with Crippen molar-refractivity contribution in [1.29, 1.82) is 0 Å². The lowest BCUT2D eigenvalue weighted by Gasteiger charge is -2.22. The summed E-state index contributed by atoms with van der Waals surface area (Å²) in [5.74, 6) is 0.909. The molecule has 0 radical (unpaired) electrons. The minimum Gasteiger partial charge on any atom is -0.358 e. The van der Waals surface area contributed by atoms with Crippen LogP contribution in [0.15, 0.2) is 18.2 Å². The molecule has 0 saturated carbocycles. The third kappa shape index (κ3) is 2.83. The highest BCUT2D eigenvalue weighted by Gasteiger charge is 2.21. The highest BCUT2D eigenvalue weighted by Crippen LogP contribution is 2.34. The van der Waals surface area contributed by atoms with Crippen molar-refractivity contribution in [2.24, 2.45) is 5.92 Å². The van der Waals surface area contributed by atoms with Gasteiger partial charge in [0.2, 0.25) is 0 Å². The molecule has 0 fully saturated rings. The fourth-order valence-electron chi connectivity index (χ4n) is 3.40. The van der Waals surface area contributed by atoms with E-state index >= 15 is 0 Å². The number of nitrogens with one attached hydrogen (secondary N) is 1. The van der Waals surface area contributed by atoms with Crippen molar-refractivity contribution in [3.05, 3.63) is 33.0 Å². The molecule has 1 atom stereocenters. The molecular formula is C17H22IN. The Bertz CT molecular complexity index is 570. The monoisotopic (exact) mass is 367 g/mol. The first-order chi connectivity index (χ1) is 9.28. The first-order valence-corrected chi connectivity index (χ1v) is 8.64. The van der Waals surface area contributed by atoms with Crippen molar-refractivity contribution in [1.82, 2.24) is 4.98 Å². The van der Waals surface area contributed by atoms with Crippen molar-refractivity contribution < 1.29 is 0 Å². The fourth-order valence-corrected chi connectivity index (χ4v) is 3.90. The average molecular weight is 367 g/mol. The molecule has 1 unspecified atom stereocenters. The van der Waals surface area contributed by atoms with Gasteiger partial charge in [0.1, 0.15) is 0 Å². The Morgan fingerprint density at radius 3 is 3.05 bits per heavy atom. The Hall–Kier alpha value is -0.510. The molecule has 19 heavy (non-hydrogen) atoms. The molecule has 2 heteroatoms. The van der Waals surface area contributed by atoms with Gasteiger partial charge in [-0.25, -0.2) is 0 Å². The van der Waals surface area contributed by atoms with Crippen LogP contribution < -0.4 is 0 Å². The summed E-state index contributed by atoms with van der Waals surface area (Å²) in [7, 11) is 0. The number of H-pyrrole nitrogens is 1. The maximum absolute atomic E-state index is 3.66. The Morgan fingerprint density at radius 2 is 2.21 bits per heavy atom. The average Bonchev–Trinajstić information content (AvgIpc) is 2.76. The van der Waals surface area contributed by atoms with Crippen LogP contribution in [0, 0.1) is 9.49 Å². The van der Waals surface area contributed by atoms with E-state index in [9.17, 15) is 0 Å². The molecule has 1 aliphatic carbocycles. The topological polar surface area (TPSA) is 15.8 Å². The van der Waals surface area contributed by atoms with Crippen LogP contribution in [0.2, 0.25) is 0 Å². The van der Waals surface area contributed by atoms with E-state index in [0.29, 0.717) is 0 Å². The number of aromatic nitrogens is 1. The summed E-state index contributed by atoms with van der Waals surface area (Å²) in [6.07, 6.45) is 9.48. The molecule has 0 saturated heterocycles. The largest absolute Gasteiger partial charge is 0.358 e. The molecule has 0 amide bonds. The van der Waals surface area contributed by atoms with Crippen molar-refractivity contribution in [3.63, 3.8) is 0 Å². The Balaban J connectivity index is 1.80. The number of hydrogen-bond donors (Lipinski definition) is 1. The molecule has 1 aliphatic rings. The van der Waals surface area contributed by atoms with E-state index in [-0.39, 0.29) is 0 Å². The number of fused-ring (bicyclic) bond motifs is 3. The number of rotatable bonds is 4. The van der Waals surface area contributed by atoms with Crippen LogP contribution in [-0.2, 0) is 12.8 Å². The van der Waals surface area contributed by atoms with Gasteiger partial charge in [-0.05, 0) is 71.5 Å². The number of benzene rings is 1. The molecule has 1 aromatic carbocycles. The van der Waals surface area contributed by atoms with Crippen molar-refractivity contribution >= 4 is 33.5 Å². The Kier molecular flexibility index (Phi) is 4.15. The number of hydrogen-bond acceptors (Lipinski definition) is 0. The third-order valence-electron chi connectivity index (χ3n) is 4.47. The minimum absolute atomic E-state index is 0.909. The van der Waals surface area contributed by atoms with Gasteiger partial charge in [0.25, 0.3) is 0 Å². The van der Waals surface area contributed by atoms with Gasteiger partial charge in [0.15, 0.2) is 0 Å². The van der Waals surface area contributed by atoms with E-state index in [1.165, 1.54) is 65.1 Å². The van der Waals surface area contributed by atoms with Crippen LogP contribution >= 0.6 is 22.6 Å². The number of unbranched alkanes of at least 4 members (excludes halogenated alkanes) is 2. The highest BCUT2D eigenvalue weighted by molar-refractivity contribution is 14.1. The molecule has 0 aliphatic heterocycles. The first-order valence-electron chi connectivity index (χ1n) is 7.57. The molecule has 1 nitrogen and oxygen atoms in total. The summed E-state index contributed by atoms with van der Waals surface area (Å²) < 4.78 is 1.34. The Morgan fingerprint density at radius 1 is 1.32 bits per heavy atom. The number of aryl methyl sites for hydroxylation is 1. The van der Waals surface area contributed by atoms with Gasteiger partial charge >= 0.3 is 0 Å². The predicted octanol–water partition coefficient (Wildman–Crippen LogP) is 5.46. The van der Waals surface area contributed by atoms with Gasteiger partial charge in [0.05, 0.1) is 0 Å². The lowest BCUT2D eigenvalue weighted by Crippen LogP contribution is -2.13. The maximum atomic E-state index is 3.66. The standard InChI is InChI=1S/C17H22IN/c1-2-3-4-5-12-6-8-14-15-11-13(18)7-9-16(15)19-17(14)10-12/h7,9,11-12,19H,2-6,8,10H2,1H3. The van der Waals surface area contributed by atoms with Crippen molar-refractivity contribution in [2.75, 3.05) is 0 Å². The maximum Gasteiger partial charge on any atom is 0.0459 e. The third-order valence-corrected chi connectivity index (χ3v) is 5.14. The van der Waals surface area contributed by atoms with Crippen LogP contribution in [0.25, 0.3) is 10.9 Å². The van der Waals surface area contributed by atoms with E-state index in [1.54, 1.807) is 5.56 Å². The zero-order chi connectivity index (χ0) is 13.2. The van der Waals surface area contributed by atoms with Gasteiger partial charge in [-0.15, -0.1) is 0 Å². The smallest absolute Gasteiger partial charge is 0.0459 e. The first kappa shape index (κ1) is 13.5. The molecule has 102 valence electrons. The second-order valence-electron chi connectivity index (χ2n) is 5.88. The summed E-state index contributed by atoms with van der Waals surface area (Å²) in [4.78, 5) is 3.66. The summed E-state index contributed by atoms with van der Waals surface area (Å²) in [6, 6.07) is 6.77. The number of halogens is 1. The second-order valence-corrected chi connectivity index (χ2v) is 7.12. The molecule has 0 spiro atoms. The molecule has 3 rings (SSSR count). The van der Waals surface area contributed by atoms with E-state index in [0.717, 1.165) is 5.92 Å². The second kappa shape index (κ2) is 5.86. The van der Waals surface area contributed by atoms with Gasteiger partial charge in [-0.1, -0.05) is 32.6 Å². The lowest BCUT2D eigenvalue weighted by molar-refractivity contribution is 0.406. The molecule has 1 N–H and O–H groups in total. The predicted molar refractivity (Wildman–Crippen MR) is 90.7 cm³/mol. The summed E-state index contributed by atoms with van der Waals surface area (Å²) in [6.45, 7) is 2.29. The van der Waals surface area contributed by atoms with Crippen molar-refractivity contribution in [3.8, 4) is 0 Å². The summed E-state index contributed by atoms with van der Waals surface area (Å²) >= 11 is 2.41. The SMILES string of the molecule is CCCCCC1CCc2c([nH]c3ccc(I)cc23)C1. The van der Waals surface area contributed by atoms with Gasteiger partial charge in [0, 0.05) is 20.2 Å². The minimum atomic E-state index is 0.909. The van der Waals surface area contributed by atoms with Crippen LogP contribution in [0.5, 0.6) is 0 Å². The van der Waals surface area contributed by atoms with Gasteiger partial charge in [-0.2, -0.15) is 0 Å².